The number of alkyl halides is 3. The smallest absolute Gasteiger partial charge is 0.383 e. The molecule has 0 saturated heterocycles. The maximum Gasteiger partial charge on any atom is 0.417 e. The van der Waals surface area contributed by atoms with Gasteiger partial charge in [-0.05, 0) is 30.3 Å². The van der Waals surface area contributed by atoms with Crippen LogP contribution in [-0.4, -0.2) is 15.2 Å². The van der Waals surface area contributed by atoms with Crippen LogP contribution in [0.2, 0.25) is 0 Å². The van der Waals surface area contributed by atoms with Gasteiger partial charge in [0.05, 0.1) is 16.6 Å². The molecule has 0 bridgehead atoms. The Balaban J connectivity index is 2.28. The minimum atomic E-state index is -4.60. The molecule has 3 rings (SSSR count). The lowest BCUT2D eigenvalue weighted by molar-refractivity contribution is -0.136. The minimum absolute atomic E-state index is 0.0429. The van der Waals surface area contributed by atoms with Gasteiger partial charge in [0.1, 0.15) is 11.6 Å². The fraction of sp³-hybridized carbons (Fsp3) is 0.0769. The zero-order valence-electron chi connectivity index (χ0n) is 10.4. The largest absolute Gasteiger partial charge is 0.417 e. The first-order chi connectivity index (χ1) is 9.86. The fourth-order valence-electron chi connectivity index (χ4n) is 2.04. The Bertz CT molecular complexity index is 805. The maximum absolute atomic E-state index is 13.2. The quantitative estimate of drug-likeness (QED) is 0.677. The van der Waals surface area contributed by atoms with Crippen LogP contribution in [0.4, 0.5) is 23.4 Å². The number of anilines is 1. The van der Waals surface area contributed by atoms with E-state index in [1.165, 1.54) is 12.1 Å². The number of hydrogen-bond acceptors (Lipinski definition) is 3. The molecule has 0 fully saturated rings. The summed E-state index contributed by atoms with van der Waals surface area (Å²) in [7, 11) is 0. The number of aromatic nitrogens is 3. The lowest BCUT2D eigenvalue weighted by Crippen LogP contribution is -2.07. The van der Waals surface area contributed by atoms with Crippen LogP contribution in [0.3, 0.4) is 0 Å². The molecule has 0 atom stereocenters. The molecule has 1 aromatic carbocycles. The third-order valence-electron chi connectivity index (χ3n) is 3.00. The summed E-state index contributed by atoms with van der Waals surface area (Å²) in [6.45, 7) is 0. The van der Waals surface area contributed by atoms with Gasteiger partial charge in [-0.25, -0.2) is 9.37 Å². The molecule has 4 nitrogen and oxygen atoms in total. The molecule has 2 heterocycles. The Morgan fingerprint density at radius 3 is 2.38 bits per heavy atom. The molecule has 0 aliphatic rings. The van der Waals surface area contributed by atoms with Crippen molar-refractivity contribution in [1.29, 1.82) is 0 Å². The predicted molar refractivity (Wildman–Crippen MR) is 68.7 cm³/mol. The van der Waals surface area contributed by atoms with Crippen LogP contribution in [0.15, 0.2) is 30.3 Å². The second-order valence-corrected chi connectivity index (χ2v) is 4.40. The van der Waals surface area contributed by atoms with E-state index in [0.717, 1.165) is 18.2 Å². The standard InChI is InChI=1S/C13H8F4N4/c14-7-3-1-6(2-4-7)9-5-8(13(15,16)17)10-11(18)20-21-12(10)19-9/h1-5H,(H3,18,19,20,21). The molecule has 0 spiro atoms. The van der Waals surface area contributed by atoms with Gasteiger partial charge in [-0.15, -0.1) is 0 Å². The molecule has 0 aliphatic heterocycles. The lowest BCUT2D eigenvalue weighted by atomic mass is 10.1. The number of fused-ring (bicyclic) bond motifs is 1. The number of H-pyrrole nitrogens is 1. The van der Waals surface area contributed by atoms with E-state index >= 15 is 0 Å². The first-order valence-corrected chi connectivity index (χ1v) is 5.84. The predicted octanol–water partition coefficient (Wildman–Crippen LogP) is 3.37. The van der Waals surface area contributed by atoms with E-state index in [0.29, 0.717) is 5.56 Å². The lowest BCUT2D eigenvalue weighted by Gasteiger charge is -2.10. The number of rotatable bonds is 1. The minimum Gasteiger partial charge on any atom is -0.383 e. The van der Waals surface area contributed by atoms with E-state index < -0.39 is 17.6 Å². The van der Waals surface area contributed by atoms with Gasteiger partial charge in [-0.2, -0.15) is 18.3 Å². The Morgan fingerprint density at radius 2 is 1.76 bits per heavy atom. The normalized spacial score (nSPS) is 12.0. The summed E-state index contributed by atoms with van der Waals surface area (Å²) in [6, 6.07) is 5.86. The Labute approximate surface area is 115 Å². The van der Waals surface area contributed by atoms with Crippen molar-refractivity contribution in [2.24, 2.45) is 0 Å². The number of nitrogens with zero attached hydrogens (tertiary/aromatic N) is 2. The second-order valence-electron chi connectivity index (χ2n) is 4.40. The van der Waals surface area contributed by atoms with Crippen molar-refractivity contribution >= 4 is 16.9 Å². The van der Waals surface area contributed by atoms with Gasteiger partial charge < -0.3 is 5.73 Å². The summed E-state index contributed by atoms with van der Waals surface area (Å²) in [6.07, 6.45) is -4.60. The van der Waals surface area contributed by atoms with E-state index in [9.17, 15) is 17.6 Å². The van der Waals surface area contributed by atoms with Crippen molar-refractivity contribution < 1.29 is 17.6 Å². The molecule has 0 saturated carbocycles. The van der Waals surface area contributed by atoms with Gasteiger partial charge in [0, 0.05) is 5.56 Å². The van der Waals surface area contributed by atoms with Crippen LogP contribution in [0, 0.1) is 5.82 Å². The van der Waals surface area contributed by atoms with Gasteiger partial charge in [-0.1, -0.05) is 0 Å². The van der Waals surface area contributed by atoms with Crippen LogP contribution >= 0.6 is 0 Å². The highest BCUT2D eigenvalue weighted by atomic mass is 19.4. The molecule has 108 valence electrons. The average Bonchev–Trinajstić information content (AvgIpc) is 2.79. The number of pyridine rings is 1. The van der Waals surface area contributed by atoms with Crippen LogP contribution in [-0.2, 0) is 6.18 Å². The van der Waals surface area contributed by atoms with Crippen LogP contribution in [0.1, 0.15) is 5.56 Å². The molecule has 0 aliphatic carbocycles. The first-order valence-electron chi connectivity index (χ1n) is 5.84. The summed E-state index contributed by atoms with van der Waals surface area (Å²) < 4.78 is 52.3. The van der Waals surface area contributed by atoms with Crippen LogP contribution < -0.4 is 5.73 Å². The summed E-state index contributed by atoms with van der Waals surface area (Å²) in [4.78, 5) is 4.03. The van der Waals surface area contributed by atoms with Crippen molar-refractivity contribution in [2.75, 3.05) is 5.73 Å². The number of nitrogens with two attached hydrogens (primary N) is 1. The van der Waals surface area contributed by atoms with Crippen LogP contribution in [0.5, 0.6) is 0 Å². The third kappa shape index (κ3) is 2.28. The second kappa shape index (κ2) is 4.44. The van der Waals surface area contributed by atoms with Crippen molar-refractivity contribution in [1.82, 2.24) is 15.2 Å². The maximum atomic E-state index is 13.2. The topological polar surface area (TPSA) is 67.6 Å². The van der Waals surface area contributed by atoms with Gasteiger partial charge >= 0.3 is 6.18 Å². The molecule has 3 N–H and O–H groups in total. The monoisotopic (exact) mass is 296 g/mol. The Hall–Kier alpha value is -2.64. The van der Waals surface area contributed by atoms with Crippen molar-refractivity contribution in [2.45, 2.75) is 6.18 Å². The highest BCUT2D eigenvalue weighted by molar-refractivity contribution is 5.91. The van der Waals surface area contributed by atoms with E-state index in [1.807, 2.05) is 0 Å². The van der Waals surface area contributed by atoms with Gasteiger partial charge in [-0.3, -0.25) is 5.10 Å². The summed E-state index contributed by atoms with van der Waals surface area (Å²) in [5.41, 5.74) is 4.80. The Kier molecular flexibility index (Phi) is 2.82. The van der Waals surface area contributed by atoms with Gasteiger partial charge in [0.15, 0.2) is 5.65 Å². The van der Waals surface area contributed by atoms with Gasteiger partial charge in [0.2, 0.25) is 0 Å². The zero-order chi connectivity index (χ0) is 15.2. The van der Waals surface area contributed by atoms with Gasteiger partial charge in [0.25, 0.3) is 0 Å². The number of halogens is 4. The molecule has 8 heteroatoms. The number of nitrogens with one attached hydrogen (secondary N) is 1. The van der Waals surface area contributed by atoms with Crippen molar-refractivity contribution in [3.8, 4) is 11.3 Å². The molecule has 0 radical (unpaired) electrons. The van der Waals surface area contributed by atoms with Crippen LogP contribution in [0.25, 0.3) is 22.3 Å². The zero-order valence-corrected chi connectivity index (χ0v) is 10.4. The highest BCUT2D eigenvalue weighted by Gasteiger charge is 2.35. The number of hydrogen-bond donors (Lipinski definition) is 2. The highest BCUT2D eigenvalue weighted by Crippen LogP contribution is 2.38. The molecule has 2 aromatic heterocycles. The number of benzene rings is 1. The van der Waals surface area contributed by atoms with Crippen molar-refractivity contribution in [3.05, 3.63) is 41.7 Å². The summed E-state index contributed by atoms with van der Waals surface area (Å²) in [5, 5.41) is 5.67. The van der Waals surface area contributed by atoms with Crippen molar-refractivity contribution in [3.63, 3.8) is 0 Å². The fourth-order valence-corrected chi connectivity index (χ4v) is 2.04. The summed E-state index contributed by atoms with van der Waals surface area (Å²) in [5.74, 6) is -0.685. The molecule has 3 aromatic rings. The molecular weight excluding hydrogens is 288 g/mol. The molecular formula is C13H8F4N4. The Morgan fingerprint density at radius 1 is 1.10 bits per heavy atom. The first kappa shape index (κ1) is 13.3. The van der Waals surface area contributed by atoms with E-state index in [4.69, 9.17) is 5.73 Å². The molecule has 0 unspecified atom stereocenters. The molecule has 0 amide bonds. The SMILES string of the molecule is Nc1[nH]nc2nc(-c3ccc(F)cc3)cc(C(F)(F)F)c12. The number of aromatic amines is 1. The average molecular weight is 296 g/mol. The summed E-state index contributed by atoms with van der Waals surface area (Å²) >= 11 is 0. The van der Waals surface area contributed by atoms with E-state index in [1.54, 1.807) is 0 Å². The third-order valence-corrected chi connectivity index (χ3v) is 3.00. The number of nitrogen functional groups attached to an aromatic ring is 1. The van der Waals surface area contributed by atoms with E-state index in [-0.39, 0.29) is 22.5 Å². The van der Waals surface area contributed by atoms with E-state index in [2.05, 4.69) is 15.2 Å². The molecule has 21 heavy (non-hydrogen) atoms.